The summed E-state index contributed by atoms with van der Waals surface area (Å²) in [6.07, 6.45) is 0. The molecule has 0 aliphatic carbocycles. The van der Waals surface area contributed by atoms with E-state index < -0.39 is 0 Å². The summed E-state index contributed by atoms with van der Waals surface area (Å²) >= 11 is 0. The Hall–Kier alpha value is -1.95. The van der Waals surface area contributed by atoms with E-state index in [2.05, 4.69) is 5.32 Å². The minimum Gasteiger partial charge on any atom is -0.353 e. The fraction of sp³-hybridized carbons (Fsp3) is 0.467. The van der Waals surface area contributed by atoms with Crippen LogP contribution in [-0.2, 0) is 16.1 Å². The second-order valence-electron chi connectivity index (χ2n) is 5.12. The number of halogens is 1. The second-order valence-corrected chi connectivity index (χ2v) is 5.12. The smallest absolute Gasteiger partial charge is 0.239 e. The van der Waals surface area contributed by atoms with Crippen molar-refractivity contribution in [2.24, 2.45) is 0 Å². The van der Waals surface area contributed by atoms with Gasteiger partial charge in [-0.05, 0) is 20.2 Å². The number of likely N-dealkylation sites (N-methyl/N-ethyl adjacent to an activating group) is 1. The van der Waals surface area contributed by atoms with Gasteiger partial charge < -0.3 is 15.1 Å². The molecule has 0 atom stereocenters. The van der Waals surface area contributed by atoms with Gasteiger partial charge in [-0.3, -0.25) is 9.59 Å². The molecule has 0 fully saturated rings. The fourth-order valence-electron chi connectivity index (χ4n) is 1.76. The Morgan fingerprint density at radius 1 is 1.24 bits per heavy atom. The molecular weight excluding hydrogens is 273 g/mol. The second kappa shape index (κ2) is 8.36. The lowest BCUT2D eigenvalue weighted by Gasteiger charge is -2.21. The van der Waals surface area contributed by atoms with Crippen molar-refractivity contribution in [3.8, 4) is 0 Å². The van der Waals surface area contributed by atoms with Gasteiger partial charge in [0.25, 0.3) is 0 Å². The third-order valence-electron chi connectivity index (χ3n) is 2.98. The van der Waals surface area contributed by atoms with Crippen molar-refractivity contribution in [2.75, 3.05) is 33.7 Å². The van der Waals surface area contributed by atoms with Crippen molar-refractivity contribution < 1.29 is 14.0 Å². The number of hydrogen-bond acceptors (Lipinski definition) is 3. The van der Waals surface area contributed by atoms with E-state index >= 15 is 0 Å². The highest BCUT2D eigenvalue weighted by atomic mass is 19.1. The van der Waals surface area contributed by atoms with Gasteiger partial charge in [0.15, 0.2) is 0 Å². The number of hydrogen-bond donors (Lipinski definition) is 1. The van der Waals surface area contributed by atoms with E-state index in [-0.39, 0.29) is 30.7 Å². The van der Waals surface area contributed by atoms with E-state index in [1.807, 2.05) is 19.0 Å². The average molecular weight is 295 g/mol. The summed E-state index contributed by atoms with van der Waals surface area (Å²) in [6.45, 7) is 2.62. The van der Waals surface area contributed by atoms with Gasteiger partial charge in [0.1, 0.15) is 5.82 Å². The van der Waals surface area contributed by atoms with Crippen molar-refractivity contribution in [3.05, 3.63) is 35.6 Å². The molecule has 0 aliphatic heterocycles. The van der Waals surface area contributed by atoms with Gasteiger partial charge in [0.05, 0.1) is 6.54 Å². The Bertz CT molecular complexity index is 492. The van der Waals surface area contributed by atoms with Crippen LogP contribution in [0, 0.1) is 5.82 Å². The Kier molecular flexibility index (Phi) is 6.81. The molecule has 1 rings (SSSR count). The zero-order valence-corrected chi connectivity index (χ0v) is 12.7. The van der Waals surface area contributed by atoms with Crippen molar-refractivity contribution in [1.82, 2.24) is 15.1 Å². The monoisotopic (exact) mass is 295 g/mol. The molecule has 0 aromatic heterocycles. The van der Waals surface area contributed by atoms with E-state index in [0.717, 1.165) is 6.54 Å². The van der Waals surface area contributed by atoms with Crippen LogP contribution in [0.3, 0.4) is 0 Å². The Morgan fingerprint density at radius 2 is 1.90 bits per heavy atom. The Labute approximate surface area is 124 Å². The molecule has 0 spiro atoms. The summed E-state index contributed by atoms with van der Waals surface area (Å²) in [5, 5.41) is 2.73. The summed E-state index contributed by atoms with van der Waals surface area (Å²) in [7, 11) is 3.82. The lowest BCUT2D eigenvalue weighted by atomic mass is 10.2. The van der Waals surface area contributed by atoms with Gasteiger partial charge in [-0.1, -0.05) is 18.2 Å². The number of carbonyl (C=O) groups is 2. The van der Waals surface area contributed by atoms with Crippen LogP contribution in [0.2, 0.25) is 0 Å². The number of rotatable bonds is 7. The van der Waals surface area contributed by atoms with Gasteiger partial charge in [0, 0.05) is 32.1 Å². The standard InChI is InChI=1S/C15H22FN3O2/c1-12(20)19(10-13-6-4-5-7-14(13)16)11-15(21)17-8-9-18(2)3/h4-7H,8-11H2,1-3H3,(H,17,21). The van der Waals surface area contributed by atoms with Crippen molar-refractivity contribution in [1.29, 1.82) is 0 Å². The molecule has 1 N–H and O–H groups in total. The van der Waals surface area contributed by atoms with Crippen LogP contribution >= 0.6 is 0 Å². The maximum Gasteiger partial charge on any atom is 0.239 e. The number of nitrogens with zero attached hydrogens (tertiary/aromatic N) is 2. The molecule has 0 saturated carbocycles. The highest BCUT2D eigenvalue weighted by Crippen LogP contribution is 2.09. The Balaban J connectivity index is 2.56. The summed E-state index contributed by atoms with van der Waals surface area (Å²) in [5.41, 5.74) is 0.397. The highest BCUT2D eigenvalue weighted by Gasteiger charge is 2.15. The first-order valence-electron chi connectivity index (χ1n) is 6.80. The van der Waals surface area contributed by atoms with Crippen LogP contribution in [0.5, 0.6) is 0 Å². The summed E-state index contributed by atoms with van der Waals surface area (Å²) < 4.78 is 13.6. The summed E-state index contributed by atoms with van der Waals surface area (Å²) in [6, 6.07) is 6.23. The third kappa shape index (κ3) is 6.35. The van der Waals surface area contributed by atoms with Crippen LogP contribution in [0.1, 0.15) is 12.5 Å². The van der Waals surface area contributed by atoms with Crippen LogP contribution in [0.15, 0.2) is 24.3 Å². The first kappa shape index (κ1) is 17.1. The zero-order chi connectivity index (χ0) is 15.8. The van der Waals surface area contributed by atoms with E-state index in [4.69, 9.17) is 0 Å². The van der Waals surface area contributed by atoms with Crippen molar-refractivity contribution in [3.63, 3.8) is 0 Å². The number of carbonyl (C=O) groups excluding carboxylic acids is 2. The van der Waals surface area contributed by atoms with Gasteiger partial charge >= 0.3 is 0 Å². The lowest BCUT2D eigenvalue weighted by Crippen LogP contribution is -2.41. The van der Waals surface area contributed by atoms with E-state index in [1.54, 1.807) is 18.2 Å². The minimum atomic E-state index is -0.378. The molecule has 0 bridgehead atoms. The van der Waals surface area contributed by atoms with Crippen molar-refractivity contribution in [2.45, 2.75) is 13.5 Å². The zero-order valence-electron chi connectivity index (χ0n) is 12.7. The molecular formula is C15H22FN3O2. The van der Waals surface area contributed by atoms with Gasteiger partial charge in [0.2, 0.25) is 11.8 Å². The summed E-state index contributed by atoms with van der Waals surface area (Å²) in [5.74, 6) is -0.888. The minimum absolute atomic E-state index is 0.0723. The predicted molar refractivity (Wildman–Crippen MR) is 79.1 cm³/mol. The van der Waals surface area contributed by atoms with E-state index in [0.29, 0.717) is 12.1 Å². The Morgan fingerprint density at radius 3 is 2.48 bits per heavy atom. The maximum absolute atomic E-state index is 13.6. The molecule has 0 unspecified atom stereocenters. The number of amides is 2. The lowest BCUT2D eigenvalue weighted by molar-refractivity contribution is -0.134. The molecule has 6 heteroatoms. The SMILES string of the molecule is CC(=O)N(CC(=O)NCCN(C)C)Cc1ccccc1F. The van der Waals surface area contributed by atoms with E-state index in [1.165, 1.54) is 17.9 Å². The van der Waals surface area contributed by atoms with Crippen molar-refractivity contribution >= 4 is 11.8 Å². The molecule has 21 heavy (non-hydrogen) atoms. The predicted octanol–water partition coefficient (Wildman–Crippen LogP) is 0.852. The molecule has 0 aliphatic rings. The van der Waals surface area contributed by atoms with Crippen LogP contribution in [0.4, 0.5) is 4.39 Å². The molecule has 1 aromatic rings. The number of nitrogens with one attached hydrogen (secondary N) is 1. The third-order valence-corrected chi connectivity index (χ3v) is 2.98. The molecule has 1 aromatic carbocycles. The van der Waals surface area contributed by atoms with Gasteiger partial charge in [-0.15, -0.1) is 0 Å². The summed E-state index contributed by atoms with van der Waals surface area (Å²) in [4.78, 5) is 26.7. The van der Waals surface area contributed by atoms with Gasteiger partial charge in [-0.25, -0.2) is 4.39 Å². The fourth-order valence-corrected chi connectivity index (χ4v) is 1.76. The number of benzene rings is 1. The topological polar surface area (TPSA) is 52.7 Å². The molecule has 2 amide bonds. The molecule has 0 saturated heterocycles. The van der Waals surface area contributed by atoms with Gasteiger partial charge in [-0.2, -0.15) is 0 Å². The maximum atomic E-state index is 13.6. The largest absolute Gasteiger partial charge is 0.353 e. The van der Waals surface area contributed by atoms with Crippen LogP contribution in [0.25, 0.3) is 0 Å². The first-order chi connectivity index (χ1) is 9.90. The highest BCUT2D eigenvalue weighted by molar-refractivity contribution is 5.83. The average Bonchev–Trinajstić information content (AvgIpc) is 2.39. The molecule has 5 nitrogen and oxygen atoms in total. The van der Waals surface area contributed by atoms with Crippen LogP contribution < -0.4 is 5.32 Å². The molecule has 116 valence electrons. The molecule has 0 heterocycles. The molecule has 0 radical (unpaired) electrons. The first-order valence-corrected chi connectivity index (χ1v) is 6.80. The van der Waals surface area contributed by atoms with E-state index in [9.17, 15) is 14.0 Å². The van der Waals surface area contributed by atoms with Crippen LogP contribution in [-0.4, -0.2) is 55.3 Å². The normalized spacial score (nSPS) is 10.5. The quantitative estimate of drug-likeness (QED) is 0.811.